The zero-order chi connectivity index (χ0) is 16.0. The number of carbonyl (C=O) groups is 1. The zero-order valence-electron chi connectivity index (χ0n) is 12.8. The molecule has 0 aliphatic heterocycles. The summed E-state index contributed by atoms with van der Waals surface area (Å²) in [6, 6.07) is 1.27. The number of aryl methyl sites for hydroxylation is 1. The Morgan fingerprint density at radius 2 is 2.05 bits per heavy atom. The first kappa shape index (κ1) is 17.2. The minimum Gasteiger partial charge on any atom is -0.388 e. The molecule has 0 aromatic carbocycles. The van der Waals surface area contributed by atoms with Gasteiger partial charge in [0.05, 0.1) is 16.7 Å². The molecule has 1 rings (SSSR count). The van der Waals surface area contributed by atoms with Gasteiger partial charge in [-0.3, -0.25) is 14.9 Å². The van der Waals surface area contributed by atoms with E-state index in [0.717, 1.165) is 6.42 Å². The van der Waals surface area contributed by atoms with E-state index in [4.69, 9.17) is 0 Å². The van der Waals surface area contributed by atoms with Crippen LogP contribution in [0.5, 0.6) is 0 Å². The second kappa shape index (κ2) is 7.21. The minimum atomic E-state index is -0.941. The van der Waals surface area contributed by atoms with Crippen LogP contribution in [-0.2, 0) is 6.54 Å². The van der Waals surface area contributed by atoms with Crippen LogP contribution in [0, 0.1) is 10.1 Å². The van der Waals surface area contributed by atoms with E-state index in [2.05, 4.69) is 5.32 Å². The molecular formula is C14H23N3O4. The van der Waals surface area contributed by atoms with Crippen molar-refractivity contribution in [2.75, 3.05) is 6.54 Å². The van der Waals surface area contributed by atoms with E-state index < -0.39 is 16.4 Å². The fourth-order valence-electron chi connectivity index (χ4n) is 2.05. The molecule has 0 fully saturated rings. The Morgan fingerprint density at radius 1 is 1.43 bits per heavy atom. The fourth-order valence-corrected chi connectivity index (χ4v) is 2.05. The average Bonchev–Trinajstić information content (AvgIpc) is 2.89. The molecule has 0 unspecified atom stereocenters. The third-order valence-electron chi connectivity index (χ3n) is 3.68. The summed E-state index contributed by atoms with van der Waals surface area (Å²) in [6.07, 6.45) is 3.18. The Kier molecular flexibility index (Phi) is 5.90. The predicted molar refractivity (Wildman–Crippen MR) is 79.2 cm³/mol. The van der Waals surface area contributed by atoms with Crippen LogP contribution >= 0.6 is 0 Å². The van der Waals surface area contributed by atoms with Crippen molar-refractivity contribution in [3.8, 4) is 0 Å². The molecule has 0 atom stereocenters. The maximum atomic E-state index is 12.2. The number of aromatic nitrogens is 1. The fraction of sp³-hybridized carbons (Fsp3) is 0.643. The lowest BCUT2D eigenvalue weighted by atomic mass is 9.97. The van der Waals surface area contributed by atoms with Crippen molar-refractivity contribution in [2.24, 2.45) is 0 Å². The number of rotatable bonds is 8. The summed E-state index contributed by atoms with van der Waals surface area (Å²) < 4.78 is 1.57. The normalized spacial score (nSPS) is 11.4. The van der Waals surface area contributed by atoms with Crippen molar-refractivity contribution in [3.05, 3.63) is 28.1 Å². The molecule has 0 saturated heterocycles. The largest absolute Gasteiger partial charge is 0.388 e. The number of nitrogens with one attached hydrogen (secondary N) is 1. The third-order valence-corrected chi connectivity index (χ3v) is 3.68. The Hall–Kier alpha value is -1.89. The standard InChI is InChI=1S/C14H23N3O4/c1-4-7-16-9-11(17(20)21)8-12(16)13(18)15-10-14(19,5-2)6-3/h8-9,19H,4-7,10H2,1-3H3,(H,15,18). The topological polar surface area (TPSA) is 97.4 Å². The molecule has 0 bridgehead atoms. The van der Waals surface area contributed by atoms with Gasteiger partial charge in [0.15, 0.2) is 0 Å². The first-order chi connectivity index (χ1) is 9.86. The molecule has 0 aliphatic carbocycles. The Labute approximate surface area is 124 Å². The second-order valence-electron chi connectivity index (χ2n) is 5.15. The van der Waals surface area contributed by atoms with Gasteiger partial charge >= 0.3 is 0 Å². The molecule has 21 heavy (non-hydrogen) atoms. The number of amides is 1. The summed E-state index contributed by atoms with van der Waals surface area (Å²) >= 11 is 0. The van der Waals surface area contributed by atoms with Gasteiger partial charge in [0, 0.05) is 19.2 Å². The van der Waals surface area contributed by atoms with E-state index in [1.807, 2.05) is 20.8 Å². The molecule has 118 valence electrons. The van der Waals surface area contributed by atoms with E-state index in [1.54, 1.807) is 4.57 Å². The van der Waals surface area contributed by atoms with Crippen LogP contribution in [0.2, 0.25) is 0 Å². The van der Waals surface area contributed by atoms with Gasteiger partial charge < -0.3 is 15.0 Å². The molecule has 0 aliphatic rings. The summed E-state index contributed by atoms with van der Waals surface area (Å²) in [6.45, 7) is 6.29. The van der Waals surface area contributed by atoms with Crippen LogP contribution in [0.3, 0.4) is 0 Å². The van der Waals surface area contributed by atoms with Crippen LogP contribution < -0.4 is 5.32 Å². The van der Waals surface area contributed by atoms with Gasteiger partial charge in [0.1, 0.15) is 5.69 Å². The molecule has 7 nitrogen and oxygen atoms in total. The SMILES string of the molecule is CCCn1cc([N+](=O)[O-])cc1C(=O)NCC(O)(CC)CC. The molecule has 1 amide bonds. The number of nitrogens with zero attached hydrogens (tertiary/aromatic N) is 2. The number of hydrogen-bond donors (Lipinski definition) is 2. The predicted octanol–water partition coefficient (Wildman–Crippen LogP) is 2.09. The summed E-state index contributed by atoms with van der Waals surface area (Å²) in [7, 11) is 0. The summed E-state index contributed by atoms with van der Waals surface area (Å²) in [5, 5.41) is 23.6. The van der Waals surface area contributed by atoms with Crippen molar-refractivity contribution in [2.45, 2.75) is 52.2 Å². The van der Waals surface area contributed by atoms with Gasteiger partial charge in [0.25, 0.3) is 11.6 Å². The van der Waals surface area contributed by atoms with Gasteiger partial charge in [-0.1, -0.05) is 20.8 Å². The Bertz CT molecular complexity index is 506. The molecule has 1 aromatic rings. The summed E-state index contributed by atoms with van der Waals surface area (Å²) in [4.78, 5) is 22.5. The lowest BCUT2D eigenvalue weighted by Crippen LogP contribution is -2.42. The number of aliphatic hydroxyl groups is 1. The van der Waals surface area contributed by atoms with Gasteiger partial charge in [-0.2, -0.15) is 0 Å². The third kappa shape index (κ3) is 4.29. The smallest absolute Gasteiger partial charge is 0.287 e. The molecule has 0 saturated carbocycles. The number of hydrogen-bond acceptors (Lipinski definition) is 4. The summed E-state index contributed by atoms with van der Waals surface area (Å²) in [5.41, 5.74) is -0.794. The monoisotopic (exact) mass is 297 g/mol. The van der Waals surface area contributed by atoms with Crippen LogP contribution in [0.25, 0.3) is 0 Å². The average molecular weight is 297 g/mol. The quantitative estimate of drug-likeness (QED) is 0.567. The number of nitro groups is 1. The highest BCUT2D eigenvalue weighted by atomic mass is 16.6. The lowest BCUT2D eigenvalue weighted by Gasteiger charge is -2.25. The summed E-state index contributed by atoms with van der Waals surface area (Å²) in [5.74, 6) is -0.406. The van der Waals surface area contributed by atoms with E-state index in [0.29, 0.717) is 19.4 Å². The maximum absolute atomic E-state index is 12.2. The van der Waals surface area contributed by atoms with Crippen LogP contribution in [0.1, 0.15) is 50.5 Å². The molecule has 2 N–H and O–H groups in total. The zero-order valence-corrected chi connectivity index (χ0v) is 12.8. The Morgan fingerprint density at radius 3 is 2.52 bits per heavy atom. The highest BCUT2D eigenvalue weighted by molar-refractivity contribution is 5.93. The van der Waals surface area contributed by atoms with Crippen molar-refractivity contribution in [1.82, 2.24) is 9.88 Å². The van der Waals surface area contributed by atoms with E-state index in [9.17, 15) is 20.0 Å². The molecule has 1 heterocycles. The molecular weight excluding hydrogens is 274 g/mol. The Balaban J connectivity index is 2.88. The van der Waals surface area contributed by atoms with Crippen molar-refractivity contribution < 1.29 is 14.8 Å². The van der Waals surface area contributed by atoms with E-state index in [-0.39, 0.29) is 17.9 Å². The molecule has 1 aromatic heterocycles. The highest BCUT2D eigenvalue weighted by Crippen LogP contribution is 2.18. The molecule has 7 heteroatoms. The van der Waals surface area contributed by atoms with Crippen molar-refractivity contribution >= 4 is 11.6 Å². The van der Waals surface area contributed by atoms with Crippen molar-refractivity contribution in [1.29, 1.82) is 0 Å². The molecule has 0 spiro atoms. The van der Waals surface area contributed by atoms with Gasteiger partial charge in [-0.25, -0.2) is 0 Å². The maximum Gasteiger partial charge on any atom is 0.287 e. The second-order valence-corrected chi connectivity index (χ2v) is 5.15. The van der Waals surface area contributed by atoms with E-state index >= 15 is 0 Å². The number of carbonyl (C=O) groups excluding carboxylic acids is 1. The van der Waals surface area contributed by atoms with Gasteiger partial charge in [0.2, 0.25) is 0 Å². The van der Waals surface area contributed by atoms with Crippen LogP contribution in [-0.4, -0.2) is 32.6 Å². The van der Waals surface area contributed by atoms with E-state index in [1.165, 1.54) is 12.3 Å². The first-order valence-electron chi connectivity index (χ1n) is 7.22. The van der Waals surface area contributed by atoms with Gasteiger partial charge in [-0.15, -0.1) is 0 Å². The minimum absolute atomic E-state index is 0.102. The molecule has 0 radical (unpaired) electrons. The lowest BCUT2D eigenvalue weighted by molar-refractivity contribution is -0.384. The highest BCUT2D eigenvalue weighted by Gasteiger charge is 2.25. The van der Waals surface area contributed by atoms with Gasteiger partial charge in [-0.05, 0) is 19.3 Å². The first-order valence-corrected chi connectivity index (χ1v) is 7.22. The van der Waals surface area contributed by atoms with Crippen molar-refractivity contribution in [3.63, 3.8) is 0 Å². The van der Waals surface area contributed by atoms with Crippen LogP contribution in [0.15, 0.2) is 12.3 Å². The van der Waals surface area contributed by atoms with Crippen LogP contribution in [0.4, 0.5) is 5.69 Å².